The topological polar surface area (TPSA) is 72.2 Å². The maximum absolute atomic E-state index is 12.7. The van der Waals surface area contributed by atoms with Gasteiger partial charge in [0.05, 0.1) is 4.90 Å². The molecule has 1 unspecified atom stereocenters. The van der Waals surface area contributed by atoms with Crippen LogP contribution in [-0.4, -0.2) is 14.5 Å². The SMILES string of the molecule is Cc1cc(C)c(S(=O)(=O)NC2CCCC2(C)C)cc1CN. The number of nitrogens with one attached hydrogen (secondary N) is 1. The summed E-state index contributed by atoms with van der Waals surface area (Å²) in [5, 5.41) is 0. The lowest BCUT2D eigenvalue weighted by Crippen LogP contribution is -2.41. The zero-order chi connectivity index (χ0) is 15.8. The first-order valence-corrected chi connectivity index (χ1v) is 8.98. The number of sulfonamides is 1. The molecule has 1 aromatic rings. The Hall–Kier alpha value is -0.910. The zero-order valence-electron chi connectivity index (χ0n) is 13.4. The number of aryl methyl sites for hydroxylation is 2. The highest BCUT2D eigenvalue weighted by molar-refractivity contribution is 7.89. The Labute approximate surface area is 128 Å². The van der Waals surface area contributed by atoms with Gasteiger partial charge in [-0.2, -0.15) is 0 Å². The fraction of sp³-hybridized carbons (Fsp3) is 0.625. The first kappa shape index (κ1) is 16.5. The van der Waals surface area contributed by atoms with E-state index in [1.807, 2.05) is 19.9 Å². The van der Waals surface area contributed by atoms with Gasteiger partial charge in [-0.25, -0.2) is 13.1 Å². The van der Waals surface area contributed by atoms with Gasteiger partial charge >= 0.3 is 0 Å². The van der Waals surface area contributed by atoms with Gasteiger partial charge in [-0.1, -0.05) is 26.3 Å². The summed E-state index contributed by atoms with van der Waals surface area (Å²) in [6.07, 6.45) is 3.03. The molecule has 2 rings (SSSR count). The highest BCUT2D eigenvalue weighted by Gasteiger charge is 2.37. The molecule has 0 heterocycles. The molecule has 0 aromatic heterocycles. The minimum atomic E-state index is -3.50. The Morgan fingerprint density at radius 1 is 1.29 bits per heavy atom. The van der Waals surface area contributed by atoms with Crippen molar-refractivity contribution in [2.75, 3.05) is 0 Å². The van der Waals surface area contributed by atoms with E-state index in [9.17, 15) is 8.42 Å². The summed E-state index contributed by atoms with van der Waals surface area (Å²) < 4.78 is 28.4. The van der Waals surface area contributed by atoms with Crippen molar-refractivity contribution in [3.8, 4) is 0 Å². The quantitative estimate of drug-likeness (QED) is 0.898. The molecule has 3 N–H and O–H groups in total. The van der Waals surface area contributed by atoms with Crippen molar-refractivity contribution in [1.29, 1.82) is 0 Å². The summed E-state index contributed by atoms with van der Waals surface area (Å²) in [5.41, 5.74) is 8.41. The van der Waals surface area contributed by atoms with Crippen LogP contribution in [0.2, 0.25) is 0 Å². The zero-order valence-corrected chi connectivity index (χ0v) is 14.2. The molecule has 0 spiro atoms. The molecule has 1 atom stereocenters. The van der Waals surface area contributed by atoms with E-state index in [2.05, 4.69) is 18.6 Å². The molecule has 0 saturated heterocycles. The number of rotatable bonds is 4. The van der Waals surface area contributed by atoms with E-state index in [-0.39, 0.29) is 11.5 Å². The summed E-state index contributed by atoms with van der Waals surface area (Å²) in [7, 11) is -3.50. The largest absolute Gasteiger partial charge is 0.326 e. The second-order valence-electron chi connectivity index (χ2n) is 6.80. The highest BCUT2D eigenvalue weighted by atomic mass is 32.2. The van der Waals surface area contributed by atoms with Crippen LogP contribution in [0.15, 0.2) is 17.0 Å². The third-order valence-corrected chi connectivity index (χ3v) is 6.31. The normalized spacial score (nSPS) is 21.7. The van der Waals surface area contributed by atoms with Crippen LogP contribution < -0.4 is 10.5 Å². The second kappa shape index (κ2) is 5.71. The third kappa shape index (κ3) is 3.30. The molecule has 1 saturated carbocycles. The molecule has 1 fully saturated rings. The standard InChI is InChI=1S/C16H26N2O2S/c1-11-8-12(2)14(9-13(11)10-17)21(19,20)18-15-6-5-7-16(15,3)4/h8-9,15,18H,5-7,10,17H2,1-4H3. The fourth-order valence-electron chi connectivity index (χ4n) is 3.18. The number of hydrogen-bond donors (Lipinski definition) is 2. The Balaban J connectivity index is 2.36. The van der Waals surface area contributed by atoms with Crippen LogP contribution in [0, 0.1) is 19.3 Å². The van der Waals surface area contributed by atoms with Gasteiger partial charge in [-0.15, -0.1) is 0 Å². The lowest BCUT2D eigenvalue weighted by Gasteiger charge is -2.28. The fourth-order valence-corrected chi connectivity index (χ4v) is 4.90. The number of hydrogen-bond acceptors (Lipinski definition) is 3. The van der Waals surface area contributed by atoms with Crippen molar-refractivity contribution in [1.82, 2.24) is 4.72 Å². The minimum Gasteiger partial charge on any atom is -0.326 e. The van der Waals surface area contributed by atoms with Crippen LogP contribution in [0.4, 0.5) is 0 Å². The van der Waals surface area contributed by atoms with Gasteiger partial charge in [0.15, 0.2) is 0 Å². The molecule has 0 amide bonds. The Morgan fingerprint density at radius 2 is 1.95 bits per heavy atom. The molecule has 0 bridgehead atoms. The summed E-state index contributed by atoms with van der Waals surface area (Å²) in [5.74, 6) is 0. The van der Waals surface area contributed by atoms with Crippen molar-refractivity contribution in [3.63, 3.8) is 0 Å². The molecule has 1 aromatic carbocycles. The Kier molecular flexibility index (Phi) is 4.47. The number of benzene rings is 1. The van der Waals surface area contributed by atoms with Crippen LogP contribution in [-0.2, 0) is 16.6 Å². The predicted octanol–water partition coefficient (Wildman–Crippen LogP) is 2.62. The summed E-state index contributed by atoms with van der Waals surface area (Å²) in [6.45, 7) is 8.39. The van der Waals surface area contributed by atoms with Crippen molar-refractivity contribution in [2.24, 2.45) is 11.1 Å². The molecule has 0 aliphatic heterocycles. The first-order valence-electron chi connectivity index (χ1n) is 7.50. The van der Waals surface area contributed by atoms with Gasteiger partial charge in [0.25, 0.3) is 0 Å². The minimum absolute atomic E-state index is 0.00419. The van der Waals surface area contributed by atoms with E-state index in [0.717, 1.165) is 36.0 Å². The maximum Gasteiger partial charge on any atom is 0.241 e. The van der Waals surface area contributed by atoms with E-state index >= 15 is 0 Å². The average Bonchev–Trinajstić information content (AvgIpc) is 2.68. The highest BCUT2D eigenvalue weighted by Crippen LogP contribution is 2.38. The predicted molar refractivity (Wildman–Crippen MR) is 85.5 cm³/mol. The molecular formula is C16H26N2O2S. The smallest absolute Gasteiger partial charge is 0.241 e. The van der Waals surface area contributed by atoms with Gasteiger partial charge in [0.2, 0.25) is 10.0 Å². The van der Waals surface area contributed by atoms with Gasteiger partial charge in [-0.3, -0.25) is 0 Å². The third-order valence-electron chi connectivity index (χ3n) is 4.70. The summed E-state index contributed by atoms with van der Waals surface area (Å²) in [4.78, 5) is 0.358. The van der Waals surface area contributed by atoms with Crippen LogP contribution in [0.5, 0.6) is 0 Å². The molecule has 118 valence electrons. The van der Waals surface area contributed by atoms with Crippen molar-refractivity contribution >= 4 is 10.0 Å². The monoisotopic (exact) mass is 310 g/mol. The Morgan fingerprint density at radius 3 is 2.48 bits per heavy atom. The van der Waals surface area contributed by atoms with Gasteiger partial charge in [-0.05, 0) is 54.9 Å². The maximum atomic E-state index is 12.7. The molecule has 21 heavy (non-hydrogen) atoms. The van der Waals surface area contributed by atoms with Crippen molar-refractivity contribution in [2.45, 2.75) is 64.4 Å². The van der Waals surface area contributed by atoms with E-state index < -0.39 is 10.0 Å². The average molecular weight is 310 g/mol. The van der Waals surface area contributed by atoms with Crippen LogP contribution in [0.25, 0.3) is 0 Å². The first-order chi connectivity index (χ1) is 9.67. The van der Waals surface area contributed by atoms with E-state index in [1.165, 1.54) is 0 Å². The summed E-state index contributed by atoms with van der Waals surface area (Å²) >= 11 is 0. The van der Waals surface area contributed by atoms with Gasteiger partial charge in [0.1, 0.15) is 0 Å². The van der Waals surface area contributed by atoms with Crippen LogP contribution in [0.1, 0.15) is 49.8 Å². The molecule has 4 nitrogen and oxygen atoms in total. The molecule has 5 heteroatoms. The molecule has 1 aliphatic rings. The lowest BCUT2D eigenvalue weighted by molar-refractivity contribution is 0.313. The number of nitrogens with two attached hydrogens (primary N) is 1. The van der Waals surface area contributed by atoms with Crippen LogP contribution in [0.3, 0.4) is 0 Å². The van der Waals surface area contributed by atoms with Crippen molar-refractivity contribution in [3.05, 3.63) is 28.8 Å². The van der Waals surface area contributed by atoms with E-state index in [1.54, 1.807) is 6.07 Å². The Bertz CT molecular complexity index is 636. The van der Waals surface area contributed by atoms with E-state index in [0.29, 0.717) is 11.4 Å². The molecular weight excluding hydrogens is 284 g/mol. The summed E-state index contributed by atoms with van der Waals surface area (Å²) in [6, 6.07) is 3.62. The van der Waals surface area contributed by atoms with E-state index in [4.69, 9.17) is 5.73 Å². The van der Waals surface area contributed by atoms with Crippen molar-refractivity contribution < 1.29 is 8.42 Å². The molecule has 1 aliphatic carbocycles. The van der Waals surface area contributed by atoms with Gasteiger partial charge in [0, 0.05) is 12.6 Å². The van der Waals surface area contributed by atoms with Gasteiger partial charge < -0.3 is 5.73 Å². The molecule has 0 radical (unpaired) electrons. The van der Waals surface area contributed by atoms with Crippen LogP contribution >= 0.6 is 0 Å². The lowest BCUT2D eigenvalue weighted by atomic mass is 9.88. The second-order valence-corrected chi connectivity index (χ2v) is 8.49.